The third-order valence-corrected chi connectivity index (χ3v) is 4.87. The van der Waals surface area contributed by atoms with Crippen LogP contribution < -0.4 is 10.6 Å². The molecule has 126 valence electrons. The molecule has 0 radical (unpaired) electrons. The highest BCUT2D eigenvalue weighted by Gasteiger charge is 2.31. The van der Waals surface area contributed by atoms with Crippen LogP contribution in [0.15, 0.2) is 0 Å². The molecule has 2 fully saturated rings. The Labute approximate surface area is 134 Å². The quantitative estimate of drug-likeness (QED) is 0.734. The van der Waals surface area contributed by atoms with Crippen LogP contribution in [0.25, 0.3) is 0 Å². The van der Waals surface area contributed by atoms with Crippen LogP contribution in [-0.2, 0) is 9.59 Å². The third-order valence-electron chi connectivity index (χ3n) is 4.87. The second kappa shape index (κ2) is 9.13. The van der Waals surface area contributed by atoms with Gasteiger partial charge in [-0.05, 0) is 38.6 Å². The van der Waals surface area contributed by atoms with E-state index < -0.39 is 0 Å². The first-order valence-corrected chi connectivity index (χ1v) is 9.02. The van der Waals surface area contributed by atoms with Gasteiger partial charge < -0.3 is 15.5 Å². The molecule has 0 spiro atoms. The Hall–Kier alpha value is -1.10. The Kier molecular flexibility index (Phi) is 7.16. The van der Waals surface area contributed by atoms with Crippen molar-refractivity contribution in [3.63, 3.8) is 0 Å². The van der Waals surface area contributed by atoms with E-state index in [-0.39, 0.29) is 23.8 Å². The van der Waals surface area contributed by atoms with Crippen LogP contribution in [0.3, 0.4) is 0 Å². The lowest BCUT2D eigenvalue weighted by atomic mass is 9.94. The lowest BCUT2D eigenvalue weighted by Crippen LogP contribution is -2.51. The van der Waals surface area contributed by atoms with Crippen LogP contribution in [0.4, 0.5) is 0 Å². The van der Waals surface area contributed by atoms with Crippen molar-refractivity contribution in [3.8, 4) is 0 Å². The van der Waals surface area contributed by atoms with Crippen LogP contribution in [-0.4, -0.2) is 48.9 Å². The Bertz CT molecular complexity index is 359. The maximum absolute atomic E-state index is 12.4. The number of rotatable bonds is 6. The topological polar surface area (TPSA) is 61.4 Å². The summed E-state index contributed by atoms with van der Waals surface area (Å²) in [4.78, 5) is 26.5. The number of carbonyl (C=O) groups is 2. The Balaban J connectivity index is 1.68. The number of hydrogen-bond donors (Lipinski definition) is 2. The van der Waals surface area contributed by atoms with Gasteiger partial charge in [0.15, 0.2) is 0 Å². The molecule has 2 heterocycles. The number of amides is 2. The molecule has 1 atom stereocenters. The van der Waals surface area contributed by atoms with E-state index in [0.29, 0.717) is 0 Å². The molecule has 2 amide bonds. The number of likely N-dealkylation sites (tertiary alicyclic amines) is 1. The molecule has 0 aromatic carbocycles. The zero-order chi connectivity index (χ0) is 15.8. The van der Waals surface area contributed by atoms with Crippen LogP contribution >= 0.6 is 0 Å². The zero-order valence-electron chi connectivity index (χ0n) is 13.9. The maximum Gasteiger partial charge on any atom is 0.239 e. The second-order valence-corrected chi connectivity index (χ2v) is 6.60. The van der Waals surface area contributed by atoms with Gasteiger partial charge in [0, 0.05) is 25.6 Å². The molecule has 0 bridgehead atoms. The van der Waals surface area contributed by atoms with Crippen molar-refractivity contribution >= 4 is 11.8 Å². The summed E-state index contributed by atoms with van der Waals surface area (Å²) in [6.07, 6.45) is 8.27. The van der Waals surface area contributed by atoms with Crippen LogP contribution in [0.2, 0.25) is 0 Å². The summed E-state index contributed by atoms with van der Waals surface area (Å²) in [6.45, 7) is 5.36. The van der Waals surface area contributed by atoms with Crippen LogP contribution in [0.1, 0.15) is 58.3 Å². The van der Waals surface area contributed by atoms with E-state index >= 15 is 0 Å². The van der Waals surface area contributed by atoms with E-state index in [2.05, 4.69) is 17.6 Å². The van der Waals surface area contributed by atoms with Crippen molar-refractivity contribution in [2.24, 2.45) is 5.92 Å². The largest absolute Gasteiger partial charge is 0.356 e. The fourth-order valence-electron chi connectivity index (χ4n) is 3.38. The molecule has 0 saturated carbocycles. The standard InChI is InChI=1S/C17H31N3O2/c1-2-3-5-11-19-16(21)14-8-12-20(13-9-14)17(22)15-7-4-6-10-18-15/h14-15,18H,2-13H2,1H3,(H,19,21). The third kappa shape index (κ3) is 4.97. The van der Waals surface area contributed by atoms with Crippen LogP contribution in [0, 0.1) is 5.92 Å². The number of hydrogen-bond acceptors (Lipinski definition) is 3. The van der Waals surface area contributed by atoms with Crippen molar-refractivity contribution in [1.29, 1.82) is 0 Å². The summed E-state index contributed by atoms with van der Waals surface area (Å²) in [6, 6.07) is 0.00757. The molecule has 2 saturated heterocycles. The van der Waals surface area contributed by atoms with Crippen LogP contribution in [0.5, 0.6) is 0 Å². The molecule has 2 aliphatic heterocycles. The normalized spacial score (nSPS) is 23.3. The Morgan fingerprint density at radius 3 is 2.55 bits per heavy atom. The summed E-state index contributed by atoms with van der Waals surface area (Å²) >= 11 is 0. The number of unbranched alkanes of at least 4 members (excludes halogenated alkanes) is 2. The summed E-state index contributed by atoms with van der Waals surface area (Å²) in [5.41, 5.74) is 0. The highest BCUT2D eigenvalue weighted by Crippen LogP contribution is 2.19. The zero-order valence-corrected chi connectivity index (χ0v) is 13.9. The molecule has 0 aromatic heterocycles. The van der Waals surface area contributed by atoms with Gasteiger partial charge in [0.1, 0.15) is 0 Å². The summed E-state index contributed by atoms with van der Waals surface area (Å²) < 4.78 is 0. The molecular weight excluding hydrogens is 278 g/mol. The maximum atomic E-state index is 12.4. The van der Waals surface area contributed by atoms with Crippen molar-refractivity contribution in [1.82, 2.24) is 15.5 Å². The van der Waals surface area contributed by atoms with Gasteiger partial charge in [0.05, 0.1) is 6.04 Å². The fraction of sp³-hybridized carbons (Fsp3) is 0.882. The molecule has 22 heavy (non-hydrogen) atoms. The van der Waals surface area contributed by atoms with Gasteiger partial charge in [0.2, 0.25) is 11.8 Å². The number of nitrogens with zero attached hydrogens (tertiary/aromatic N) is 1. The van der Waals surface area contributed by atoms with Crippen molar-refractivity contribution in [2.45, 2.75) is 64.3 Å². The van der Waals surface area contributed by atoms with E-state index in [0.717, 1.165) is 58.3 Å². The van der Waals surface area contributed by atoms with Crippen molar-refractivity contribution in [3.05, 3.63) is 0 Å². The predicted molar refractivity (Wildman–Crippen MR) is 87.5 cm³/mol. The monoisotopic (exact) mass is 309 g/mol. The van der Waals surface area contributed by atoms with Gasteiger partial charge in [-0.25, -0.2) is 0 Å². The van der Waals surface area contributed by atoms with E-state index in [1.807, 2.05) is 4.90 Å². The summed E-state index contributed by atoms with van der Waals surface area (Å²) in [7, 11) is 0. The summed E-state index contributed by atoms with van der Waals surface area (Å²) in [5, 5.41) is 6.36. The van der Waals surface area contributed by atoms with Gasteiger partial charge in [-0.1, -0.05) is 26.2 Å². The molecule has 0 aliphatic carbocycles. The minimum atomic E-state index is 0.00757. The molecule has 1 unspecified atom stereocenters. The van der Waals surface area contributed by atoms with Crippen molar-refractivity contribution in [2.75, 3.05) is 26.2 Å². The molecular formula is C17H31N3O2. The molecule has 2 rings (SSSR count). The first-order valence-electron chi connectivity index (χ1n) is 9.02. The highest BCUT2D eigenvalue weighted by atomic mass is 16.2. The Morgan fingerprint density at radius 1 is 1.14 bits per heavy atom. The van der Waals surface area contributed by atoms with Gasteiger partial charge in [0.25, 0.3) is 0 Å². The molecule has 2 aliphatic rings. The van der Waals surface area contributed by atoms with Gasteiger partial charge in [-0.15, -0.1) is 0 Å². The predicted octanol–water partition coefficient (Wildman–Crippen LogP) is 1.67. The van der Waals surface area contributed by atoms with E-state index in [1.54, 1.807) is 0 Å². The van der Waals surface area contributed by atoms with Gasteiger partial charge in [-0.2, -0.15) is 0 Å². The lowest BCUT2D eigenvalue weighted by molar-refractivity contribution is -0.137. The number of nitrogens with one attached hydrogen (secondary N) is 2. The fourth-order valence-corrected chi connectivity index (χ4v) is 3.38. The lowest BCUT2D eigenvalue weighted by Gasteiger charge is -2.35. The Morgan fingerprint density at radius 2 is 1.91 bits per heavy atom. The van der Waals surface area contributed by atoms with Gasteiger partial charge >= 0.3 is 0 Å². The van der Waals surface area contributed by atoms with E-state index in [4.69, 9.17) is 0 Å². The van der Waals surface area contributed by atoms with Crippen molar-refractivity contribution < 1.29 is 9.59 Å². The van der Waals surface area contributed by atoms with E-state index in [9.17, 15) is 9.59 Å². The molecule has 5 nitrogen and oxygen atoms in total. The molecule has 5 heteroatoms. The minimum Gasteiger partial charge on any atom is -0.356 e. The number of piperidine rings is 2. The molecule has 0 aromatic rings. The average molecular weight is 309 g/mol. The number of carbonyl (C=O) groups excluding carboxylic acids is 2. The SMILES string of the molecule is CCCCCNC(=O)C1CCN(C(=O)C2CCCCN2)CC1. The van der Waals surface area contributed by atoms with E-state index in [1.165, 1.54) is 19.3 Å². The summed E-state index contributed by atoms with van der Waals surface area (Å²) in [5.74, 6) is 0.505. The second-order valence-electron chi connectivity index (χ2n) is 6.60. The van der Waals surface area contributed by atoms with Gasteiger partial charge in [-0.3, -0.25) is 9.59 Å². The molecule has 2 N–H and O–H groups in total. The smallest absolute Gasteiger partial charge is 0.239 e. The first-order chi connectivity index (χ1) is 10.7. The highest BCUT2D eigenvalue weighted by molar-refractivity contribution is 5.83. The first kappa shape index (κ1) is 17.3. The minimum absolute atomic E-state index is 0.00757. The average Bonchev–Trinajstić information content (AvgIpc) is 2.59.